The van der Waals surface area contributed by atoms with Crippen LogP contribution in [-0.4, -0.2) is 17.6 Å². The van der Waals surface area contributed by atoms with Crippen LogP contribution in [0.25, 0.3) is 0 Å². The average molecular weight is 483 g/mol. The Labute approximate surface area is 219 Å². The zero-order valence-electron chi connectivity index (χ0n) is 23.6. The lowest BCUT2D eigenvalue weighted by Crippen LogP contribution is -2.39. The smallest absolute Gasteiger partial charge is 0.105 e. The lowest BCUT2D eigenvalue weighted by molar-refractivity contribution is 0.273. The molecule has 0 fully saturated rings. The van der Waals surface area contributed by atoms with Gasteiger partial charge in [0.25, 0.3) is 0 Å². The van der Waals surface area contributed by atoms with E-state index in [0.717, 1.165) is 0 Å². The molecule has 2 nitrogen and oxygen atoms in total. The highest BCUT2D eigenvalue weighted by molar-refractivity contribution is 5.51. The topological polar surface area (TPSA) is 6.48 Å². The second-order valence-corrected chi connectivity index (χ2v) is 10.9. The van der Waals surface area contributed by atoms with Crippen molar-refractivity contribution in [1.82, 2.24) is 4.90 Å². The molecule has 2 rings (SSSR count). The minimum Gasteiger partial charge on any atom is -0.356 e. The highest BCUT2D eigenvalue weighted by Crippen LogP contribution is 2.28. The van der Waals surface area contributed by atoms with Gasteiger partial charge in [0.1, 0.15) is 6.17 Å². The highest BCUT2D eigenvalue weighted by Gasteiger charge is 2.26. The van der Waals surface area contributed by atoms with Crippen molar-refractivity contribution in [3.63, 3.8) is 0 Å². The largest absolute Gasteiger partial charge is 0.356 e. The number of nitrogens with zero attached hydrogens (tertiary/aromatic N) is 2. The summed E-state index contributed by atoms with van der Waals surface area (Å²) in [5, 5.41) is 0. The van der Waals surface area contributed by atoms with Crippen molar-refractivity contribution in [3.05, 3.63) is 42.7 Å². The van der Waals surface area contributed by atoms with E-state index >= 15 is 0 Å². The summed E-state index contributed by atoms with van der Waals surface area (Å²) in [7, 11) is 0. The Morgan fingerprint density at radius 3 is 1.49 bits per heavy atom. The third kappa shape index (κ3) is 13.4. The predicted molar refractivity (Wildman–Crippen MR) is 157 cm³/mol. The van der Waals surface area contributed by atoms with Crippen LogP contribution in [0.2, 0.25) is 0 Å². The lowest BCUT2D eigenvalue weighted by atomic mass is 10.0. The van der Waals surface area contributed by atoms with E-state index in [0.29, 0.717) is 6.17 Å². The van der Waals surface area contributed by atoms with Crippen molar-refractivity contribution < 1.29 is 0 Å². The normalized spacial score (nSPS) is 15.4. The Morgan fingerprint density at radius 1 is 0.514 bits per heavy atom. The molecule has 0 saturated heterocycles. The first kappa shape index (κ1) is 29.8. The van der Waals surface area contributed by atoms with Crippen LogP contribution in [0.4, 0.5) is 5.69 Å². The molecule has 2 heteroatoms. The minimum absolute atomic E-state index is 0.505. The zero-order chi connectivity index (χ0) is 24.8. The van der Waals surface area contributed by atoms with Crippen LogP contribution in [0, 0.1) is 0 Å². The first-order valence-corrected chi connectivity index (χ1v) is 15.6. The summed E-state index contributed by atoms with van der Waals surface area (Å²) in [5.41, 5.74) is 1.34. The van der Waals surface area contributed by atoms with E-state index in [1.54, 1.807) is 0 Å². The number of hydrogen-bond acceptors (Lipinski definition) is 2. The Morgan fingerprint density at radius 2 is 0.971 bits per heavy atom. The molecule has 1 aliphatic rings. The van der Waals surface area contributed by atoms with Gasteiger partial charge in [-0.1, -0.05) is 148 Å². The molecule has 1 heterocycles. The van der Waals surface area contributed by atoms with Crippen LogP contribution < -0.4 is 4.90 Å². The summed E-state index contributed by atoms with van der Waals surface area (Å²) in [5.74, 6) is 0. The Balaban J connectivity index is 1.62. The Hall–Kier alpha value is -1.44. The quantitative estimate of drug-likeness (QED) is 0.143. The zero-order valence-corrected chi connectivity index (χ0v) is 23.6. The SMILES string of the molecule is CCCCCCCCCCCCCCC1N(CCCCCCCCCC)C=CN1c1ccccc1. The molecule has 0 saturated carbocycles. The van der Waals surface area contributed by atoms with Crippen LogP contribution in [0.3, 0.4) is 0 Å². The van der Waals surface area contributed by atoms with Gasteiger partial charge in [-0.2, -0.15) is 0 Å². The lowest BCUT2D eigenvalue weighted by Gasteiger charge is -2.33. The van der Waals surface area contributed by atoms with Gasteiger partial charge in [-0.05, 0) is 31.4 Å². The fourth-order valence-electron chi connectivity index (χ4n) is 5.50. The molecule has 0 bridgehead atoms. The molecular formula is C33H58N2. The van der Waals surface area contributed by atoms with E-state index in [2.05, 4.69) is 66.4 Å². The van der Waals surface area contributed by atoms with E-state index in [1.165, 1.54) is 147 Å². The maximum Gasteiger partial charge on any atom is 0.105 e. The van der Waals surface area contributed by atoms with Crippen molar-refractivity contribution in [3.8, 4) is 0 Å². The summed E-state index contributed by atoms with van der Waals surface area (Å²) >= 11 is 0. The summed E-state index contributed by atoms with van der Waals surface area (Å²) in [6.07, 6.45) is 34.7. The molecule has 0 spiro atoms. The number of unbranched alkanes of at least 4 members (excludes halogenated alkanes) is 18. The van der Waals surface area contributed by atoms with Gasteiger partial charge in [0, 0.05) is 24.6 Å². The molecule has 1 aliphatic heterocycles. The van der Waals surface area contributed by atoms with Gasteiger partial charge >= 0.3 is 0 Å². The number of benzene rings is 1. The second kappa shape index (κ2) is 20.7. The van der Waals surface area contributed by atoms with Crippen molar-refractivity contribution in [2.45, 2.75) is 155 Å². The fraction of sp³-hybridized carbons (Fsp3) is 0.758. The van der Waals surface area contributed by atoms with E-state index in [4.69, 9.17) is 0 Å². The molecule has 0 radical (unpaired) electrons. The third-order valence-corrected chi connectivity index (χ3v) is 7.76. The van der Waals surface area contributed by atoms with Crippen molar-refractivity contribution in [2.75, 3.05) is 11.4 Å². The number of para-hydroxylation sites is 1. The number of hydrogen-bond donors (Lipinski definition) is 0. The highest BCUT2D eigenvalue weighted by atomic mass is 15.4. The minimum atomic E-state index is 0.505. The third-order valence-electron chi connectivity index (χ3n) is 7.76. The molecule has 0 amide bonds. The molecule has 1 aromatic carbocycles. The summed E-state index contributed by atoms with van der Waals surface area (Å²) in [4.78, 5) is 5.14. The van der Waals surface area contributed by atoms with Crippen LogP contribution in [0.1, 0.15) is 149 Å². The monoisotopic (exact) mass is 482 g/mol. The number of rotatable bonds is 23. The van der Waals surface area contributed by atoms with Crippen LogP contribution >= 0.6 is 0 Å². The summed E-state index contributed by atoms with van der Waals surface area (Å²) in [6.45, 7) is 5.81. The van der Waals surface area contributed by atoms with Crippen LogP contribution in [-0.2, 0) is 0 Å². The molecule has 35 heavy (non-hydrogen) atoms. The molecule has 0 aliphatic carbocycles. The Bertz CT molecular complexity index is 611. The van der Waals surface area contributed by atoms with Gasteiger partial charge < -0.3 is 9.80 Å². The predicted octanol–water partition coefficient (Wildman–Crippen LogP) is 10.8. The van der Waals surface area contributed by atoms with Crippen molar-refractivity contribution >= 4 is 5.69 Å². The molecule has 200 valence electrons. The molecule has 1 aromatic rings. The second-order valence-electron chi connectivity index (χ2n) is 10.9. The van der Waals surface area contributed by atoms with E-state index in [1.807, 2.05) is 0 Å². The van der Waals surface area contributed by atoms with Crippen molar-refractivity contribution in [2.24, 2.45) is 0 Å². The first-order valence-electron chi connectivity index (χ1n) is 15.6. The molecule has 1 unspecified atom stereocenters. The van der Waals surface area contributed by atoms with Gasteiger partial charge in [0.2, 0.25) is 0 Å². The fourth-order valence-corrected chi connectivity index (χ4v) is 5.50. The van der Waals surface area contributed by atoms with Gasteiger partial charge in [-0.15, -0.1) is 0 Å². The summed E-state index contributed by atoms with van der Waals surface area (Å²) < 4.78 is 0. The van der Waals surface area contributed by atoms with Gasteiger partial charge in [0.15, 0.2) is 0 Å². The summed E-state index contributed by atoms with van der Waals surface area (Å²) in [6, 6.07) is 11.0. The van der Waals surface area contributed by atoms with Crippen molar-refractivity contribution in [1.29, 1.82) is 0 Å². The maximum absolute atomic E-state index is 2.63. The molecular weight excluding hydrogens is 424 g/mol. The van der Waals surface area contributed by atoms with Gasteiger partial charge in [-0.3, -0.25) is 0 Å². The number of anilines is 1. The van der Waals surface area contributed by atoms with E-state index in [-0.39, 0.29) is 0 Å². The Kier molecular flexibility index (Phi) is 17.6. The standard InChI is InChI=1S/C33H58N2/c1-3-5-7-9-11-13-14-15-16-17-19-24-28-33-34(29-25-20-18-12-10-8-6-4-2)30-31-35(33)32-26-22-21-23-27-32/h21-23,26-27,30-31,33H,3-20,24-25,28-29H2,1-2H3. The first-order chi connectivity index (χ1) is 17.4. The van der Waals surface area contributed by atoms with E-state index in [9.17, 15) is 0 Å². The van der Waals surface area contributed by atoms with Crippen LogP contribution in [0.5, 0.6) is 0 Å². The molecule has 0 aromatic heterocycles. The van der Waals surface area contributed by atoms with Crippen LogP contribution in [0.15, 0.2) is 42.7 Å². The molecule has 0 N–H and O–H groups in total. The van der Waals surface area contributed by atoms with Gasteiger partial charge in [0.05, 0.1) is 0 Å². The van der Waals surface area contributed by atoms with Gasteiger partial charge in [-0.25, -0.2) is 0 Å². The molecule has 1 atom stereocenters. The van der Waals surface area contributed by atoms with E-state index < -0.39 is 0 Å². The maximum atomic E-state index is 2.63. The average Bonchev–Trinajstić information content (AvgIpc) is 3.29.